The van der Waals surface area contributed by atoms with Crippen molar-refractivity contribution in [2.24, 2.45) is 0 Å². The van der Waals surface area contributed by atoms with Gasteiger partial charge in [-0.05, 0) is 29.3 Å². The maximum atomic E-state index is 13.3. The van der Waals surface area contributed by atoms with E-state index in [1.54, 1.807) is 18.2 Å². The first-order valence-electron chi connectivity index (χ1n) is 4.48. The van der Waals surface area contributed by atoms with E-state index in [1.807, 2.05) is 18.2 Å². The summed E-state index contributed by atoms with van der Waals surface area (Å²) < 4.78 is 13.3. The van der Waals surface area contributed by atoms with Crippen molar-refractivity contribution >= 4 is 0 Å². The zero-order valence-electron chi connectivity index (χ0n) is 7.87. The molecule has 0 saturated heterocycles. The van der Waals surface area contributed by atoms with Crippen molar-refractivity contribution in [2.45, 2.75) is 0 Å². The quantitative estimate of drug-likeness (QED) is 0.687. The Morgan fingerprint density at radius 2 is 2.07 bits per heavy atom. The molecule has 0 atom stereocenters. The van der Waals surface area contributed by atoms with Crippen LogP contribution < -0.4 is 0 Å². The zero-order chi connectivity index (χ0) is 10.7. The Kier molecular flexibility index (Phi) is 2.47. The van der Waals surface area contributed by atoms with Gasteiger partial charge in [0.15, 0.2) is 0 Å². The van der Waals surface area contributed by atoms with Gasteiger partial charge in [0.05, 0.1) is 5.56 Å². The maximum absolute atomic E-state index is 13.3. The molecule has 2 aromatic rings. The summed E-state index contributed by atoms with van der Waals surface area (Å²) in [6.07, 6.45) is 0. The lowest BCUT2D eigenvalue weighted by atomic mass is 10.0. The van der Waals surface area contributed by atoms with Crippen LogP contribution in [0.3, 0.4) is 0 Å². The van der Waals surface area contributed by atoms with Crippen LogP contribution in [0.1, 0.15) is 5.56 Å². The molecule has 1 nitrogen and oxygen atoms in total. The lowest BCUT2D eigenvalue weighted by molar-refractivity contribution is 0.624. The molecule has 2 heteroatoms. The Balaban J connectivity index is 2.49. The average molecular weight is 196 g/mol. The highest BCUT2D eigenvalue weighted by Crippen LogP contribution is 2.20. The van der Waals surface area contributed by atoms with Gasteiger partial charge in [0.1, 0.15) is 11.9 Å². The van der Waals surface area contributed by atoms with Crippen molar-refractivity contribution in [3.63, 3.8) is 0 Å². The molecule has 2 aromatic carbocycles. The van der Waals surface area contributed by atoms with Crippen molar-refractivity contribution in [3.8, 4) is 17.2 Å². The van der Waals surface area contributed by atoms with Crippen molar-refractivity contribution in [3.05, 3.63) is 59.9 Å². The Morgan fingerprint density at radius 3 is 2.67 bits per heavy atom. The van der Waals surface area contributed by atoms with E-state index >= 15 is 0 Å². The summed E-state index contributed by atoms with van der Waals surface area (Å²) in [5, 5.41) is 8.58. The summed E-state index contributed by atoms with van der Waals surface area (Å²) in [4.78, 5) is 0. The Morgan fingerprint density at radius 1 is 1.20 bits per heavy atom. The highest BCUT2D eigenvalue weighted by atomic mass is 19.1. The molecular weight excluding hydrogens is 189 g/mol. The van der Waals surface area contributed by atoms with E-state index in [4.69, 9.17) is 5.26 Å². The topological polar surface area (TPSA) is 23.8 Å². The van der Waals surface area contributed by atoms with Crippen LogP contribution in [0.5, 0.6) is 0 Å². The normalized spacial score (nSPS) is 9.60. The van der Waals surface area contributed by atoms with Gasteiger partial charge in [-0.3, -0.25) is 0 Å². The minimum atomic E-state index is -0.493. The maximum Gasteiger partial charge on any atom is 0.141 e. The summed E-state index contributed by atoms with van der Waals surface area (Å²) in [5.74, 6) is -0.493. The summed E-state index contributed by atoms with van der Waals surface area (Å²) in [6.45, 7) is 0. The molecule has 0 fully saturated rings. The van der Waals surface area contributed by atoms with Gasteiger partial charge < -0.3 is 0 Å². The summed E-state index contributed by atoms with van der Waals surface area (Å²) in [7, 11) is 0. The van der Waals surface area contributed by atoms with Crippen LogP contribution in [0.4, 0.5) is 4.39 Å². The molecule has 0 N–H and O–H groups in total. The summed E-state index contributed by atoms with van der Waals surface area (Å²) >= 11 is 0. The third-order valence-corrected chi connectivity index (χ3v) is 2.11. The smallest absolute Gasteiger partial charge is 0.141 e. The summed E-state index contributed by atoms with van der Waals surface area (Å²) in [6, 6.07) is 16.7. The number of rotatable bonds is 1. The van der Waals surface area contributed by atoms with Gasteiger partial charge >= 0.3 is 0 Å². The van der Waals surface area contributed by atoms with Gasteiger partial charge in [-0.2, -0.15) is 5.26 Å². The number of hydrogen-bond acceptors (Lipinski definition) is 1. The first-order chi connectivity index (χ1) is 7.31. The van der Waals surface area contributed by atoms with Crippen LogP contribution in [0.15, 0.2) is 42.5 Å². The molecule has 71 valence electrons. The first kappa shape index (κ1) is 9.42. The molecule has 0 aromatic heterocycles. The van der Waals surface area contributed by atoms with Crippen molar-refractivity contribution in [1.29, 1.82) is 5.26 Å². The number of hydrogen-bond donors (Lipinski definition) is 0. The van der Waals surface area contributed by atoms with Gasteiger partial charge in [0.25, 0.3) is 0 Å². The van der Waals surface area contributed by atoms with E-state index < -0.39 is 5.82 Å². The fourth-order valence-corrected chi connectivity index (χ4v) is 1.35. The van der Waals surface area contributed by atoms with E-state index in [2.05, 4.69) is 6.07 Å². The number of halogens is 1. The first-order valence-corrected chi connectivity index (χ1v) is 4.48. The van der Waals surface area contributed by atoms with Crippen LogP contribution in [0.25, 0.3) is 11.1 Å². The second kappa shape index (κ2) is 3.93. The molecule has 0 amide bonds. The van der Waals surface area contributed by atoms with E-state index in [-0.39, 0.29) is 5.56 Å². The van der Waals surface area contributed by atoms with E-state index in [9.17, 15) is 4.39 Å². The van der Waals surface area contributed by atoms with E-state index in [0.29, 0.717) is 0 Å². The highest BCUT2D eigenvalue weighted by Gasteiger charge is 2.03. The fourth-order valence-electron chi connectivity index (χ4n) is 1.35. The zero-order valence-corrected chi connectivity index (χ0v) is 7.87. The van der Waals surface area contributed by atoms with E-state index in [1.165, 1.54) is 12.1 Å². The Labute approximate surface area is 87.4 Å². The predicted octanol–water partition coefficient (Wildman–Crippen LogP) is 3.16. The van der Waals surface area contributed by atoms with Crippen molar-refractivity contribution in [1.82, 2.24) is 0 Å². The molecule has 0 bridgehead atoms. The molecule has 0 aliphatic carbocycles. The highest BCUT2D eigenvalue weighted by molar-refractivity contribution is 5.63. The van der Waals surface area contributed by atoms with Gasteiger partial charge in [0, 0.05) is 0 Å². The second-order valence-electron chi connectivity index (χ2n) is 3.08. The molecule has 0 aliphatic heterocycles. The largest absolute Gasteiger partial charge is 0.206 e. The Hall–Kier alpha value is -2.14. The van der Waals surface area contributed by atoms with Gasteiger partial charge in [-0.15, -0.1) is 0 Å². The molecule has 15 heavy (non-hydrogen) atoms. The third-order valence-electron chi connectivity index (χ3n) is 2.11. The van der Waals surface area contributed by atoms with Crippen molar-refractivity contribution in [2.75, 3.05) is 0 Å². The van der Waals surface area contributed by atoms with Crippen molar-refractivity contribution < 1.29 is 4.39 Å². The molecular formula is C13H7FN. The SMILES string of the molecule is N#Cc1ccc(-c2[c]cccc2)cc1F. The average Bonchev–Trinajstić information content (AvgIpc) is 2.30. The molecule has 0 aliphatic rings. The van der Waals surface area contributed by atoms with E-state index in [0.717, 1.165) is 11.1 Å². The minimum absolute atomic E-state index is 0.0645. The van der Waals surface area contributed by atoms with Gasteiger partial charge in [-0.25, -0.2) is 4.39 Å². The van der Waals surface area contributed by atoms with Crippen LogP contribution in [0.2, 0.25) is 0 Å². The fraction of sp³-hybridized carbons (Fsp3) is 0. The second-order valence-corrected chi connectivity index (χ2v) is 3.08. The molecule has 0 saturated carbocycles. The molecule has 0 unspecified atom stereocenters. The predicted molar refractivity (Wildman–Crippen MR) is 55.4 cm³/mol. The van der Waals surface area contributed by atoms with Gasteiger partial charge in [0.2, 0.25) is 0 Å². The molecule has 0 spiro atoms. The Bertz CT molecular complexity index is 512. The summed E-state index contributed by atoms with van der Waals surface area (Å²) in [5.41, 5.74) is 1.61. The monoisotopic (exact) mass is 196 g/mol. The lowest BCUT2D eigenvalue weighted by Crippen LogP contribution is -1.85. The van der Waals surface area contributed by atoms with Crippen LogP contribution in [-0.2, 0) is 0 Å². The number of nitrogens with zero attached hydrogens (tertiary/aromatic N) is 1. The van der Waals surface area contributed by atoms with Gasteiger partial charge in [-0.1, -0.05) is 30.3 Å². The lowest BCUT2D eigenvalue weighted by Gasteiger charge is -2.01. The molecule has 2 rings (SSSR count). The van der Waals surface area contributed by atoms with Crippen LogP contribution in [0, 0.1) is 23.2 Å². The van der Waals surface area contributed by atoms with Crippen LogP contribution >= 0.6 is 0 Å². The third kappa shape index (κ3) is 1.87. The molecule has 0 heterocycles. The number of benzene rings is 2. The minimum Gasteiger partial charge on any atom is -0.206 e. The standard InChI is InChI=1S/C13H7FN/c14-13-8-11(6-7-12(13)9-15)10-4-2-1-3-5-10/h1-4,6-8H. The molecule has 1 radical (unpaired) electrons. The number of nitriles is 1. The van der Waals surface area contributed by atoms with Crippen LogP contribution in [-0.4, -0.2) is 0 Å².